The molecule has 0 radical (unpaired) electrons. The molecule has 14 N–H and O–H groups in total. The minimum atomic E-state index is -1.29. The Morgan fingerprint density at radius 2 is 0.993 bits per heavy atom. The minimum Gasteiger partial charge on any atom is 2.00 e. The molecule has 3 atom stereocenters. The van der Waals surface area contributed by atoms with Crippen LogP contribution in [0.4, 0.5) is 28.4 Å². The van der Waals surface area contributed by atoms with E-state index in [4.69, 9.17) is 66.8 Å². The second-order valence-corrected chi connectivity index (χ2v) is 49.4. The van der Waals surface area contributed by atoms with Gasteiger partial charge in [-0.05, 0) is 279 Å². The van der Waals surface area contributed by atoms with Gasteiger partial charge >= 0.3 is 62.1 Å². The third kappa shape index (κ3) is 38.9. The van der Waals surface area contributed by atoms with Gasteiger partial charge in [0.25, 0.3) is 5.91 Å². The third-order valence-corrected chi connectivity index (χ3v) is 30.5. The van der Waals surface area contributed by atoms with Crippen LogP contribution in [0.15, 0.2) is 261 Å². The summed E-state index contributed by atoms with van der Waals surface area (Å²) in [5.41, 5.74) is 46.9. The number of carboxylic acids is 1. The van der Waals surface area contributed by atoms with Crippen molar-refractivity contribution in [3.63, 3.8) is 0 Å². The maximum Gasteiger partial charge on any atom is 2.00 e. The van der Waals surface area contributed by atoms with Crippen LogP contribution >= 0.6 is 20.4 Å². The summed E-state index contributed by atoms with van der Waals surface area (Å²) in [7, 11) is 6.83. The molecule has 0 spiro atoms. The number of anilines is 3. The van der Waals surface area contributed by atoms with Gasteiger partial charge < -0.3 is 75.4 Å². The number of aryl methyl sites for hydroxylation is 11. The molecule has 3 unspecified atom stereocenters. The SMILES string of the molecule is C[Si](C)(C)N(c1c[c-]ccc1)[Si](C)(C)C.Cc1cc(C(=O)O)n(-c2cccc(C#N)c2)n1.Cc1ccc(C)c(C(O)c2cccc(N)c2)c1.Cc1ccc(C)c(C=O)c1.NCC1CC1.NCCNCCN.[Br-].[C-]#[N+]c1cccc(-n2nc(C)cc2C(=O)Cc2cccc(C(NCC3CC3)c3cc(C)ccc3C)c2)c1.[C-]#[N+]c1cccc(-n2nc(C)cc2C(=O)Nc2cccc(C(O)c3cc(C)ccc3C)c2)c1.[Cl][Ni][Cl].[Mg+2]. The number of carbonyl (C=O) groups is 4. The largest absolute Gasteiger partial charge is 2.00 e. The van der Waals surface area contributed by atoms with Gasteiger partial charge in [0.1, 0.15) is 46.4 Å². The maximum absolute atomic E-state index is 13.5. The van der Waals surface area contributed by atoms with Crippen LogP contribution < -0.4 is 60.1 Å². The molecule has 3 aromatic heterocycles. The number of nitrogens with zero attached hydrogens (tertiary/aromatic N) is 10. The molecule has 11 aromatic carbocycles. The molecule has 2 aliphatic rings. The number of benzene rings is 11. The Morgan fingerprint density at radius 1 is 0.548 bits per heavy atom. The predicted molar refractivity (Wildman–Crippen MR) is 593 cm³/mol. The number of aliphatic hydroxyl groups excluding tert-OH is 2. The standard InChI is InChI=1S/C32H32N4O.C27H24N4O2.C15H17NO.C12H9N3O2.C12H22NSi2.C9H10O.C4H13N3.C4H9N.BrH.2ClH.Mg.Ni/c1-21-11-12-22(2)29(15-21)32(34-20-24-13-14-24)26-8-5-7-25(17-26)18-31(37)30-16-23(3)35-36(30)28-10-6-9-27(19-28)33-4;1-17-11-12-18(2)24(13-17)26(32)20-7-5-9-22(15-20)29-27(33)25-14-19(3)30-31(25)23-10-6-8-21(16-23)28-4;1-10-6-7-11(2)14(8-10)15(17)12-4-3-5-13(16)9-12;1-8-5-11(12(16)17)15(14-8)10-4-2-3-9(6-10)7-13;1-14(2,3)13(15(4,5)6)12-10-8-7-9-11-12;1-7-3-4-8(2)9(5-7)6-10;5-1-3-7-4-2-6;5-3-4-1-2-4;;;;;/h5-12,15-17,19,24,32,34H,13-14,18,20H2,1-3H3;5-16,26,32H,1-3H3,(H,29,33);3-9,15,17H,16H2,1-2H3;2-6H,1H3,(H,16,17);7-8,10-11H,1-6H3;3-6H,1-2H3;7H,1-6H2;4H,1-3,5H2;3*1H;;/q;;;;-1;;;;;;;2*+2/p-3. The van der Waals surface area contributed by atoms with Crippen molar-refractivity contribution < 1.29 is 64.1 Å². The topological polar surface area (TPSA) is 358 Å². The summed E-state index contributed by atoms with van der Waals surface area (Å²) in [6.45, 7) is 55.7. The van der Waals surface area contributed by atoms with Crippen molar-refractivity contribution in [3.8, 4) is 23.1 Å². The van der Waals surface area contributed by atoms with Crippen LogP contribution in [-0.4, -0.2) is 147 Å². The number of hydrogen-bond acceptors (Lipinski definition) is 17. The first-order chi connectivity index (χ1) is 68.7. The number of aliphatic hydroxyl groups is 2. The summed E-state index contributed by atoms with van der Waals surface area (Å²) >= 11 is 0.569. The summed E-state index contributed by atoms with van der Waals surface area (Å²) in [5, 5.41) is 62.0. The van der Waals surface area contributed by atoms with Gasteiger partial charge in [0.05, 0.1) is 65.0 Å². The normalized spacial score (nSPS) is 12.1. The van der Waals surface area contributed by atoms with Crippen LogP contribution in [0.2, 0.25) is 39.3 Å². The van der Waals surface area contributed by atoms with Crippen LogP contribution in [0.25, 0.3) is 26.8 Å². The van der Waals surface area contributed by atoms with Crippen LogP contribution in [0.1, 0.15) is 192 Å². The number of nitrogens with one attached hydrogen (secondary N) is 3. The third-order valence-electron chi connectivity index (χ3n) is 23.2. The Labute approximate surface area is 905 Å². The number of aromatic carboxylic acids is 1. The molecule has 0 saturated heterocycles. The molecule has 24 nitrogen and oxygen atoms in total. The van der Waals surface area contributed by atoms with Gasteiger partial charge in [0.2, 0.25) is 0 Å². The second-order valence-electron chi connectivity index (χ2n) is 37.7. The second kappa shape index (κ2) is 60.8. The molecule has 1 amide bonds. The fourth-order valence-corrected chi connectivity index (χ4v) is 25.9. The van der Waals surface area contributed by atoms with Gasteiger partial charge in [0, 0.05) is 49.5 Å². The number of nitrogen functional groups attached to an aromatic ring is 1. The van der Waals surface area contributed by atoms with Gasteiger partial charge in [-0.2, -0.15) is 50.9 Å². The number of halogens is 3. The van der Waals surface area contributed by atoms with Crippen molar-refractivity contribution in [3.05, 3.63) is 418 Å². The van der Waals surface area contributed by atoms with E-state index in [1.165, 1.54) is 69.1 Å². The molecule has 16 rings (SSSR count). The molecule has 146 heavy (non-hydrogen) atoms. The number of carboxylic acid groups (broad SMARTS) is 1. The van der Waals surface area contributed by atoms with Crippen molar-refractivity contribution in [1.82, 2.24) is 40.0 Å². The van der Waals surface area contributed by atoms with Crippen LogP contribution in [0.3, 0.4) is 0 Å². The van der Waals surface area contributed by atoms with Crippen LogP contribution in [0, 0.1) is 119 Å². The molecule has 14 aromatic rings. The number of aromatic nitrogens is 6. The van der Waals surface area contributed by atoms with Crippen molar-refractivity contribution in [1.29, 1.82) is 5.26 Å². The van der Waals surface area contributed by atoms with Crippen molar-refractivity contribution in [2.75, 3.05) is 54.6 Å². The number of amides is 1. The fraction of sp³-hybridized carbons (Fsp3) is 0.287. The van der Waals surface area contributed by atoms with E-state index in [9.17, 15) is 29.4 Å². The minimum absolute atomic E-state index is 0. The van der Waals surface area contributed by atoms with Crippen LogP contribution in [-0.2, 0) is 19.1 Å². The van der Waals surface area contributed by atoms with Crippen molar-refractivity contribution in [2.45, 2.75) is 166 Å². The summed E-state index contributed by atoms with van der Waals surface area (Å²) in [5.74, 6) is 0.299. The average molecular weight is 2160 g/mol. The smallest absolute Gasteiger partial charge is 2.00 e. The predicted octanol–water partition coefficient (Wildman–Crippen LogP) is 20.2. The number of hydrogen-bond donors (Lipinski definition) is 10. The van der Waals surface area contributed by atoms with Gasteiger partial charge in [-0.1, -0.05) is 213 Å². The molecular weight excluding hydrogens is 2020 g/mol. The van der Waals surface area contributed by atoms with Gasteiger partial charge in [-0.3, -0.25) is 14.4 Å². The Bertz CT molecular complexity index is 6720. The average Bonchev–Trinajstić information content (AvgIpc) is 1.64. The summed E-state index contributed by atoms with van der Waals surface area (Å²) in [6, 6.07) is 87.0. The molecule has 2 saturated carbocycles. The van der Waals surface area contributed by atoms with E-state index in [0.29, 0.717) is 93.8 Å². The zero-order valence-electron chi connectivity index (χ0n) is 86.5. The number of carbonyl (C=O) groups excluding carboxylic acids is 3. The van der Waals surface area contributed by atoms with E-state index in [0.717, 1.165) is 117 Å². The monoisotopic (exact) mass is 2150 g/mol. The number of aldehydes is 1. The Morgan fingerprint density at radius 3 is 1.45 bits per heavy atom. The van der Waals surface area contributed by atoms with E-state index in [1.54, 1.807) is 96.5 Å². The Balaban J connectivity index is 0.000000271. The van der Waals surface area contributed by atoms with E-state index in [-0.39, 0.29) is 69.9 Å². The van der Waals surface area contributed by atoms with Gasteiger partial charge in [0.15, 0.2) is 22.9 Å². The number of nitriles is 1. The Hall–Kier alpha value is -12.1. The summed E-state index contributed by atoms with van der Waals surface area (Å²) in [6.07, 6.45) is 5.13. The number of ketones is 1. The molecule has 0 aliphatic heterocycles. The Kier molecular flexibility index (Phi) is 51.1. The molecular formula is C115H136BrCl2MgN17NiO7Si2. The van der Waals surface area contributed by atoms with Crippen LogP contribution in [0.5, 0.6) is 0 Å². The zero-order chi connectivity index (χ0) is 105. The fourth-order valence-electron chi connectivity index (χ4n) is 16.0. The van der Waals surface area contributed by atoms with E-state index in [1.807, 2.05) is 177 Å². The van der Waals surface area contributed by atoms with E-state index >= 15 is 0 Å². The summed E-state index contributed by atoms with van der Waals surface area (Å²) < 4.78 is 7.22. The molecule has 2 fully saturated rings. The van der Waals surface area contributed by atoms with E-state index < -0.39 is 34.6 Å². The molecule has 0 bridgehead atoms. The first-order valence-electron chi connectivity index (χ1n) is 47.7. The zero-order valence-corrected chi connectivity index (χ0v) is 94.0. The maximum atomic E-state index is 13.5. The number of nitrogens with two attached hydrogens (primary N) is 4. The van der Waals surface area contributed by atoms with Gasteiger partial charge in [-0.15, -0.1) is 0 Å². The summed E-state index contributed by atoms with van der Waals surface area (Å²) in [4.78, 5) is 55.0. The number of Topliss-reactive ketones (excluding diaryl/α,β-unsaturated/α-hetero) is 1. The molecule has 764 valence electrons. The first-order valence-corrected chi connectivity index (χ1v) is 57.3. The molecule has 3 heterocycles. The number of rotatable bonds is 27. The van der Waals surface area contributed by atoms with Crippen molar-refractivity contribution >= 4 is 112 Å². The van der Waals surface area contributed by atoms with Gasteiger partial charge in [-0.25, -0.2) is 28.5 Å². The first kappa shape index (κ1) is 123. The molecule has 2 aliphatic carbocycles. The van der Waals surface area contributed by atoms with Crippen molar-refractivity contribution in [2.24, 2.45) is 29.0 Å². The molecule has 31 heteroatoms. The van der Waals surface area contributed by atoms with E-state index in [2.05, 4.69) is 159 Å². The quantitative estimate of drug-likeness (QED) is 0.00571.